The molecule has 0 spiro atoms. The van der Waals surface area contributed by atoms with Crippen LogP contribution in [-0.2, 0) is 11.3 Å². The number of benzene rings is 2. The molecule has 1 fully saturated rings. The Morgan fingerprint density at radius 1 is 1.17 bits per heavy atom. The average molecular weight is 325 g/mol. The van der Waals surface area contributed by atoms with Crippen LogP contribution in [0.1, 0.15) is 15.9 Å². The highest BCUT2D eigenvalue weighted by molar-refractivity contribution is 5.99. The highest BCUT2D eigenvalue weighted by Crippen LogP contribution is 2.23. The smallest absolute Gasteiger partial charge is 0.255 e. The molecular formula is C19H23N3O2. The van der Waals surface area contributed by atoms with E-state index in [2.05, 4.69) is 4.90 Å². The molecule has 2 aromatic carbocycles. The summed E-state index contributed by atoms with van der Waals surface area (Å²) >= 11 is 0. The fraction of sp³-hybridized carbons (Fsp3) is 0.316. The van der Waals surface area contributed by atoms with Crippen LogP contribution in [0, 0.1) is 0 Å². The van der Waals surface area contributed by atoms with Crippen LogP contribution in [0.3, 0.4) is 0 Å². The van der Waals surface area contributed by atoms with Crippen LogP contribution in [0.2, 0.25) is 0 Å². The number of nitrogens with zero attached hydrogens (tertiary/aromatic N) is 2. The van der Waals surface area contributed by atoms with Gasteiger partial charge in [0.05, 0.1) is 18.8 Å². The Morgan fingerprint density at radius 2 is 1.88 bits per heavy atom. The minimum atomic E-state index is -0.0649. The van der Waals surface area contributed by atoms with Gasteiger partial charge in [0.25, 0.3) is 5.91 Å². The van der Waals surface area contributed by atoms with Gasteiger partial charge in [-0.3, -0.25) is 4.79 Å². The lowest BCUT2D eigenvalue weighted by Gasteiger charge is -2.29. The van der Waals surface area contributed by atoms with Crippen molar-refractivity contribution in [1.82, 2.24) is 4.90 Å². The maximum Gasteiger partial charge on any atom is 0.255 e. The molecule has 5 heteroatoms. The van der Waals surface area contributed by atoms with E-state index in [-0.39, 0.29) is 5.91 Å². The molecule has 5 nitrogen and oxygen atoms in total. The predicted octanol–water partition coefficient (Wildman–Crippen LogP) is 2.38. The summed E-state index contributed by atoms with van der Waals surface area (Å²) in [7, 11) is 1.80. The Labute approximate surface area is 142 Å². The molecule has 1 aliphatic heterocycles. The zero-order valence-electron chi connectivity index (χ0n) is 13.9. The standard InChI is InChI=1S/C19H23N3O2/c1-21(14-15-5-3-2-4-6-15)19(23)17-8-7-16(13-18(17)20)22-9-11-24-12-10-22/h2-8,13H,9-12,14,20H2,1H3. The predicted molar refractivity (Wildman–Crippen MR) is 96.1 cm³/mol. The summed E-state index contributed by atoms with van der Waals surface area (Å²) < 4.78 is 5.37. The molecule has 2 aromatic rings. The van der Waals surface area contributed by atoms with Crippen molar-refractivity contribution in [2.75, 3.05) is 44.0 Å². The van der Waals surface area contributed by atoms with Crippen LogP contribution in [-0.4, -0.2) is 44.2 Å². The Hall–Kier alpha value is -2.53. The first-order valence-corrected chi connectivity index (χ1v) is 8.17. The lowest BCUT2D eigenvalue weighted by atomic mass is 10.1. The first-order chi connectivity index (χ1) is 11.6. The fourth-order valence-corrected chi connectivity index (χ4v) is 2.90. The third-order valence-electron chi connectivity index (χ3n) is 4.25. The van der Waals surface area contributed by atoms with Gasteiger partial charge < -0.3 is 20.3 Å². The van der Waals surface area contributed by atoms with Crippen LogP contribution in [0.5, 0.6) is 0 Å². The van der Waals surface area contributed by atoms with Gasteiger partial charge in [-0.1, -0.05) is 30.3 Å². The second kappa shape index (κ2) is 7.36. The molecular weight excluding hydrogens is 302 g/mol. The van der Waals surface area contributed by atoms with E-state index in [1.165, 1.54) is 0 Å². The number of carbonyl (C=O) groups excluding carboxylic acids is 1. The summed E-state index contributed by atoms with van der Waals surface area (Å²) in [5, 5.41) is 0. The second-order valence-corrected chi connectivity index (χ2v) is 6.02. The van der Waals surface area contributed by atoms with Crippen molar-refractivity contribution in [3.05, 3.63) is 59.7 Å². The van der Waals surface area contributed by atoms with Crippen molar-refractivity contribution in [2.24, 2.45) is 0 Å². The quantitative estimate of drug-likeness (QED) is 0.877. The summed E-state index contributed by atoms with van der Waals surface area (Å²) in [5.74, 6) is -0.0649. The number of hydrogen-bond acceptors (Lipinski definition) is 4. The number of ether oxygens (including phenoxy) is 1. The van der Waals surface area contributed by atoms with Gasteiger partial charge in [0, 0.05) is 38.1 Å². The molecule has 0 bridgehead atoms. The third kappa shape index (κ3) is 3.68. The van der Waals surface area contributed by atoms with E-state index in [0.717, 1.165) is 37.6 Å². The van der Waals surface area contributed by atoms with E-state index in [9.17, 15) is 4.79 Å². The minimum Gasteiger partial charge on any atom is -0.398 e. The van der Waals surface area contributed by atoms with E-state index in [1.807, 2.05) is 48.5 Å². The molecule has 1 amide bonds. The summed E-state index contributed by atoms with van der Waals surface area (Å²) in [5.41, 5.74) is 9.35. The molecule has 0 radical (unpaired) electrons. The van der Waals surface area contributed by atoms with Crippen molar-refractivity contribution in [3.63, 3.8) is 0 Å². The minimum absolute atomic E-state index is 0.0649. The van der Waals surface area contributed by atoms with Crippen molar-refractivity contribution in [2.45, 2.75) is 6.54 Å². The van der Waals surface area contributed by atoms with Crippen molar-refractivity contribution in [1.29, 1.82) is 0 Å². The van der Waals surface area contributed by atoms with Gasteiger partial charge in [0.15, 0.2) is 0 Å². The number of amides is 1. The number of nitrogen functional groups attached to an aromatic ring is 1. The van der Waals surface area contributed by atoms with Gasteiger partial charge in [-0.25, -0.2) is 0 Å². The maximum atomic E-state index is 12.7. The molecule has 0 saturated carbocycles. The molecule has 24 heavy (non-hydrogen) atoms. The normalized spacial score (nSPS) is 14.5. The van der Waals surface area contributed by atoms with E-state index in [4.69, 9.17) is 10.5 Å². The van der Waals surface area contributed by atoms with Crippen LogP contribution in [0.25, 0.3) is 0 Å². The molecule has 0 atom stereocenters. The van der Waals surface area contributed by atoms with E-state index < -0.39 is 0 Å². The first kappa shape index (κ1) is 16.3. The van der Waals surface area contributed by atoms with E-state index >= 15 is 0 Å². The third-order valence-corrected chi connectivity index (χ3v) is 4.25. The molecule has 126 valence electrons. The average Bonchev–Trinajstić information content (AvgIpc) is 2.62. The van der Waals surface area contributed by atoms with Gasteiger partial charge in [0.1, 0.15) is 0 Å². The SMILES string of the molecule is CN(Cc1ccccc1)C(=O)c1ccc(N2CCOCC2)cc1N. The molecule has 0 aliphatic carbocycles. The zero-order chi connectivity index (χ0) is 16.9. The first-order valence-electron chi connectivity index (χ1n) is 8.17. The highest BCUT2D eigenvalue weighted by Gasteiger charge is 2.17. The lowest BCUT2D eigenvalue weighted by molar-refractivity contribution is 0.0786. The Morgan fingerprint density at radius 3 is 2.54 bits per heavy atom. The Bertz CT molecular complexity index is 697. The fourth-order valence-electron chi connectivity index (χ4n) is 2.90. The van der Waals surface area contributed by atoms with Crippen LogP contribution in [0.4, 0.5) is 11.4 Å². The lowest BCUT2D eigenvalue weighted by Crippen LogP contribution is -2.36. The maximum absolute atomic E-state index is 12.7. The summed E-state index contributed by atoms with van der Waals surface area (Å²) in [6.45, 7) is 3.70. The number of anilines is 2. The summed E-state index contributed by atoms with van der Waals surface area (Å²) in [6, 6.07) is 15.6. The summed E-state index contributed by atoms with van der Waals surface area (Å²) in [6.07, 6.45) is 0. The van der Waals surface area contributed by atoms with Crippen LogP contribution in [0.15, 0.2) is 48.5 Å². The second-order valence-electron chi connectivity index (χ2n) is 6.02. The monoisotopic (exact) mass is 325 g/mol. The van der Waals surface area contributed by atoms with Crippen molar-refractivity contribution < 1.29 is 9.53 Å². The highest BCUT2D eigenvalue weighted by atomic mass is 16.5. The van der Waals surface area contributed by atoms with Gasteiger partial charge in [0.2, 0.25) is 0 Å². The number of rotatable bonds is 4. The molecule has 1 aliphatic rings. The van der Waals surface area contributed by atoms with Gasteiger partial charge in [-0.2, -0.15) is 0 Å². The van der Waals surface area contributed by atoms with Crippen LogP contribution >= 0.6 is 0 Å². The number of hydrogen-bond donors (Lipinski definition) is 1. The topological polar surface area (TPSA) is 58.8 Å². The van der Waals surface area contributed by atoms with Gasteiger partial charge in [-0.15, -0.1) is 0 Å². The molecule has 2 N–H and O–H groups in total. The van der Waals surface area contributed by atoms with E-state index in [1.54, 1.807) is 11.9 Å². The zero-order valence-corrected chi connectivity index (χ0v) is 13.9. The largest absolute Gasteiger partial charge is 0.398 e. The molecule has 0 unspecified atom stereocenters. The molecule has 0 aromatic heterocycles. The number of nitrogens with two attached hydrogens (primary N) is 1. The molecule has 3 rings (SSSR count). The van der Waals surface area contributed by atoms with Crippen molar-refractivity contribution >= 4 is 17.3 Å². The molecule has 1 heterocycles. The van der Waals surface area contributed by atoms with Crippen molar-refractivity contribution in [3.8, 4) is 0 Å². The Balaban J connectivity index is 1.72. The number of carbonyl (C=O) groups is 1. The number of morpholine rings is 1. The Kier molecular flexibility index (Phi) is 5.01. The van der Waals surface area contributed by atoms with Gasteiger partial charge >= 0.3 is 0 Å². The van der Waals surface area contributed by atoms with E-state index in [0.29, 0.717) is 17.8 Å². The molecule has 1 saturated heterocycles. The van der Waals surface area contributed by atoms with Gasteiger partial charge in [-0.05, 0) is 23.8 Å². The summed E-state index contributed by atoms with van der Waals surface area (Å²) in [4.78, 5) is 16.6. The van der Waals surface area contributed by atoms with Crippen LogP contribution < -0.4 is 10.6 Å².